The van der Waals surface area contributed by atoms with Gasteiger partial charge < -0.3 is 7.43 Å². The molecule has 1 aromatic rings. The molecule has 0 nitrogen and oxygen atoms in total. The van der Waals surface area contributed by atoms with Crippen molar-refractivity contribution in [1.82, 2.24) is 0 Å². The Balaban J connectivity index is 0. The SMILES string of the molecule is CC(C)(C)c1ccccc1.[CH3-].[Li+]. The maximum atomic E-state index is 2.22. The average Bonchev–Trinajstić information content (AvgIpc) is 1.88. The Morgan fingerprint density at radius 2 is 1.33 bits per heavy atom. The summed E-state index contributed by atoms with van der Waals surface area (Å²) < 4.78 is 0. The third-order valence-corrected chi connectivity index (χ3v) is 1.64. The fourth-order valence-electron chi connectivity index (χ4n) is 0.938. The second-order valence-corrected chi connectivity index (χ2v) is 3.62. The van der Waals surface area contributed by atoms with Gasteiger partial charge in [-0.05, 0) is 11.0 Å². The summed E-state index contributed by atoms with van der Waals surface area (Å²) in [5.74, 6) is 0. The van der Waals surface area contributed by atoms with Crippen molar-refractivity contribution in [3.63, 3.8) is 0 Å². The van der Waals surface area contributed by atoms with E-state index in [0.717, 1.165) is 0 Å². The summed E-state index contributed by atoms with van der Waals surface area (Å²) >= 11 is 0. The van der Waals surface area contributed by atoms with E-state index in [1.165, 1.54) is 5.56 Å². The molecule has 1 heteroatoms. The van der Waals surface area contributed by atoms with E-state index >= 15 is 0 Å². The molecule has 0 aliphatic heterocycles. The Morgan fingerprint density at radius 1 is 0.917 bits per heavy atom. The molecular weight excluding hydrogens is 139 g/mol. The van der Waals surface area contributed by atoms with Gasteiger partial charge in [-0.25, -0.2) is 0 Å². The van der Waals surface area contributed by atoms with Crippen molar-refractivity contribution in [3.05, 3.63) is 43.3 Å². The second kappa shape index (κ2) is 5.46. The van der Waals surface area contributed by atoms with Crippen molar-refractivity contribution < 1.29 is 18.9 Å². The average molecular weight is 156 g/mol. The van der Waals surface area contributed by atoms with Crippen LogP contribution in [0.3, 0.4) is 0 Å². The third kappa shape index (κ3) is 4.00. The summed E-state index contributed by atoms with van der Waals surface area (Å²) in [4.78, 5) is 0. The molecule has 0 saturated heterocycles. The van der Waals surface area contributed by atoms with E-state index in [9.17, 15) is 0 Å². The molecule has 0 bridgehead atoms. The normalized spacial score (nSPS) is 9.58. The molecule has 0 aromatic heterocycles. The van der Waals surface area contributed by atoms with E-state index in [1.54, 1.807) is 0 Å². The molecule has 0 N–H and O–H groups in total. The summed E-state index contributed by atoms with van der Waals surface area (Å²) in [7, 11) is 0. The Hall–Kier alpha value is -0.183. The second-order valence-electron chi connectivity index (χ2n) is 3.62. The van der Waals surface area contributed by atoms with Crippen LogP contribution in [0.25, 0.3) is 0 Å². The van der Waals surface area contributed by atoms with Crippen LogP contribution in [0.2, 0.25) is 0 Å². The number of benzene rings is 1. The Kier molecular flexibility index (Phi) is 6.53. The Bertz CT molecular complexity index is 196. The van der Waals surface area contributed by atoms with Crippen LogP contribution in [-0.4, -0.2) is 0 Å². The molecule has 0 aliphatic rings. The first-order chi connectivity index (χ1) is 4.61. The summed E-state index contributed by atoms with van der Waals surface area (Å²) in [6.45, 7) is 6.67. The van der Waals surface area contributed by atoms with Crippen LogP contribution >= 0.6 is 0 Å². The van der Waals surface area contributed by atoms with E-state index in [4.69, 9.17) is 0 Å². The maximum absolute atomic E-state index is 2.22. The van der Waals surface area contributed by atoms with Crippen molar-refractivity contribution in [3.8, 4) is 0 Å². The molecule has 0 heterocycles. The predicted octanol–water partition coefficient (Wildman–Crippen LogP) is 0.438. The van der Waals surface area contributed by atoms with Crippen LogP contribution in [0.15, 0.2) is 30.3 Å². The number of hydrogen-bond acceptors (Lipinski definition) is 0. The van der Waals surface area contributed by atoms with Gasteiger partial charge in [-0.15, -0.1) is 0 Å². The van der Waals surface area contributed by atoms with Crippen LogP contribution < -0.4 is 18.9 Å². The standard InChI is InChI=1S/C10H14.CH3.Li/c1-10(2,3)9-7-5-4-6-8-9;;/h4-8H,1-3H3;1H3;/q;-1;+1. The smallest absolute Gasteiger partial charge is 0.358 e. The fourth-order valence-corrected chi connectivity index (χ4v) is 0.938. The van der Waals surface area contributed by atoms with Gasteiger partial charge in [-0.3, -0.25) is 0 Å². The van der Waals surface area contributed by atoms with E-state index in [1.807, 2.05) is 0 Å². The van der Waals surface area contributed by atoms with Crippen LogP contribution in [-0.2, 0) is 5.41 Å². The van der Waals surface area contributed by atoms with Crippen LogP contribution in [0, 0.1) is 7.43 Å². The first-order valence-electron chi connectivity index (χ1n) is 3.66. The predicted molar refractivity (Wildman–Crippen MR) is 51.6 cm³/mol. The van der Waals surface area contributed by atoms with Crippen molar-refractivity contribution >= 4 is 0 Å². The molecule has 0 amide bonds. The molecule has 0 unspecified atom stereocenters. The molecule has 0 spiro atoms. The quantitative estimate of drug-likeness (QED) is 0.377. The summed E-state index contributed by atoms with van der Waals surface area (Å²) in [6, 6.07) is 10.6. The third-order valence-electron chi connectivity index (χ3n) is 1.64. The first-order valence-corrected chi connectivity index (χ1v) is 3.66. The molecule has 1 aromatic carbocycles. The van der Waals surface area contributed by atoms with Gasteiger partial charge in [0.05, 0.1) is 0 Å². The van der Waals surface area contributed by atoms with Gasteiger partial charge in [-0.2, -0.15) is 0 Å². The van der Waals surface area contributed by atoms with Crippen molar-refractivity contribution in [2.45, 2.75) is 26.2 Å². The zero-order valence-corrected chi connectivity index (χ0v) is 8.89. The van der Waals surface area contributed by atoms with Gasteiger partial charge in [0.25, 0.3) is 0 Å². The van der Waals surface area contributed by atoms with Gasteiger partial charge >= 0.3 is 18.9 Å². The van der Waals surface area contributed by atoms with Crippen molar-refractivity contribution in [2.24, 2.45) is 0 Å². The largest absolute Gasteiger partial charge is 1.00 e. The van der Waals surface area contributed by atoms with Gasteiger partial charge in [0, 0.05) is 0 Å². The summed E-state index contributed by atoms with van der Waals surface area (Å²) in [5, 5.41) is 0. The Labute approximate surface area is 88.6 Å². The van der Waals surface area contributed by atoms with Crippen LogP contribution in [0.5, 0.6) is 0 Å². The van der Waals surface area contributed by atoms with Crippen LogP contribution in [0.4, 0.5) is 0 Å². The van der Waals surface area contributed by atoms with Gasteiger partial charge in [0.2, 0.25) is 0 Å². The van der Waals surface area contributed by atoms with Gasteiger partial charge in [0.15, 0.2) is 0 Å². The molecule has 1 rings (SSSR count). The molecule has 0 aliphatic carbocycles. The minimum absolute atomic E-state index is 0. The molecule has 0 radical (unpaired) electrons. The van der Waals surface area contributed by atoms with E-state index in [0.29, 0.717) is 5.41 Å². The van der Waals surface area contributed by atoms with Gasteiger partial charge in [-0.1, -0.05) is 51.1 Å². The van der Waals surface area contributed by atoms with Gasteiger partial charge in [0.1, 0.15) is 0 Å². The summed E-state index contributed by atoms with van der Waals surface area (Å²) in [6.07, 6.45) is 0. The van der Waals surface area contributed by atoms with E-state index < -0.39 is 0 Å². The molecular formula is C11H17Li. The van der Waals surface area contributed by atoms with Crippen LogP contribution in [0.1, 0.15) is 26.3 Å². The zero-order valence-electron chi connectivity index (χ0n) is 8.89. The minimum atomic E-state index is 0. The molecule has 12 heavy (non-hydrogen) atoms. The first kappa shape index (κ1) is 14.3. The van der Waals surface area contributed by atoms with Crippen molar-refractivity contribution in [1.29, 1.82) is 0 Å². The number of hydrogen-bond donors (Lipinski definition) is 0. The molecule has 0 atom stereocenters. The Morgan fingerprint density at radius 3 is 1.58 bits per heavy atom. The monoisotopic (exact) mass is 156 g/mol. The topological polar surface area (TPSA) is 0 Å². The molecule has 62 valence electrons. The fraction of sp³-hybridized carbons (Fsp3) is 0.364. The maximum Gasteiger partial charge on any atom is 1.00 e. The van der Waals surface area contributed by atoms with E-state index in [2.05, 4.69) is 51.1 Å². The van der Waals surface area contributed by atoms with E-state index in [-0.39, 0.29) is 26.3 Å². The zero-order chi connectivity index (χ0) is 7.61. The molecule has 0 fully saturated rings. The number of rotatable bonds is 0. The minimum Gasteiger partial charge on any atom is -0.358 e. The molecule has 0 saturated carbocycles. The van der Waals surface area contributed by atoms with Crippen molar-refractivity contribution in [2.75, 3.05) is 0 Å². The summed E-state index contributed by atoms with van der Waals surface area (Å²) in [5.41, 5.74) is 1.69.